The Morgan fingerprint density at radius 2 is 1.88 bits per heavy atom. The Morgan fingerprint density at radius 1 is 1.10 bits per heavy atom. The number of ether oxygens (including phenoxy) is 1. The molecule has 1 amide bonds. The fourth-order valence-corrected chi connectivity index (χ4v) is 5.44. The number of alkyl halides is 3. The van der Waals surface area contributed by atoms with Crippen LogP contribution in [0.5, 0.6) is 0 Å². The fraction of sp³-hybridized carbons (Fsp3) is 0.321. The number of anilines is 1. The molecule has 2 aromatic heterocycles. The number of carbonyl (C=O) groups excluding carboxylic acids is 2. The zero-order valence-corrected chi connectivity index (χ0v) is 23.2. The number of amides is 1. The first-order chi connectivity index (χ1) is 19.6. The summed E-state index contributed by atoms with van der Waals surface area (Å²) in [5.41, 5.74) is 2.40. The Hall–Kier alpha value is -4.10. The molecule has 0 atom stereocenters. The van der Waals surface area contributed by atoms with Crippen LogP contribution in [0.3, 0.4) is 0 Å². The number of methoxy groups -OCH3 is 1. The van der Waals surface area contributed by atoms with Gasteiger partial charge >= 0.3 is 12.3 Å². The summed E-state index contributed by atoms with van der Waals surface area (Å²) in [5.74, 6) is -0.400. The van der Waals surface area contributed by atoms with Crippen molar-refractivity contribution in [1.29, 1.82) is 0 Å². The minimum absolute atomic E-state index is 0.0424. The number of aryl methyl sites for hydroxylation is 1. The number of hydrogen-bond acceptors (Lipinski definition) is 8. The summed E-state index contributed by atoms with van der Waals surface area (Å²) in [6.07, 6.45) is 0.0321. The SMILES string of the molecule is COC(=O)Nc1ncc(-c2cn(-c3cc(CC(=O)c4cc(CN5CCCC5)cc(C(F)(F)F)c4)ccc3C)nn2)s1. The monoisotopic (exact) mass is 584 g/mol. The molecule has 1 saturated heterocycles. The summed E-state index contributed by atoms with van der Waals surface area (Å²) in [6.45, 7) is 3.94. The molecule has 0 bridgehead atoms. The van der Waals surface area contributed by atoms with E-state index in [-0.39, 0.29) is 12.0 Å². The maximum Gasteiger partial charge on any atom is 0.416 e. The van der Waals surface area contributed by atoms with Gasteiger partial charge in [0.05, 0.1) is 29.4 Å². The van der Waals surface area contributed by atoms with E-state index in [0.717, 1.165) is 43.6 Å². The van der Waals surface area contributed by atoms with Crippen LogP contribution in [0.15, 0.2) is 48.8 Å². The van der Waals surface area contributed by atoms with E-state index in [1.807, 2.05) is 13.0 Å². The number of nitrogens with one attached hydrogen (secondary N) is 1. The van der Waals surface area contributed by atoms with E-state index in [2.05, 4.69) is 30.2 Å². The molecule has 9 nitrogen and oxygen atoms in total. The maximum atomic E-state index is 13.7. The van der Waals surface area contributed by atoms with Crippen molar-refractivity contribution in [2.45, 2.75) is 38.9 Å². The molecular formula is C28H27F3N6O3S. The molecule has 1 fully saturated rings. The number of hydrogen-bond donors (Lipinski definition) is 1. The van der Waals surface area contributed by atoms with Gasteiger partial charge in [0.25, 0.3) is 0 Å². The lowest BCUT2D eigenvalue weighted by atomic mass is 9.97. The van der Waals surface area contributed by atoms with Crippen LogP contribution in [0.25, 0.3) is 16.3 Å². The van der Waals surface area contributed by atoms with Gasteiger partial charge in [-0.3, -0.25) is 15.0 Å². The van der Waals surface area contributed by atoms with Crippen molar-refractivity contribution < 1.29 is 27.5 Å². The van der Waals surface area contributed by atoms with Gasteiger partial charge in [-0.05, 0) is 73.8 Å². The van der Waals surface area contributed by atoms with Crippen molar-refractivity contribution >= 4 is 28.3 Å². The third-order valence-electron chi connectivity index (χ3n) is 6.78. The van der Waals surface area contributed by atoms with Crippen LogP contribution in [-0.2, 0) is 23.9 Å². The standard InChI is InChI=1S/C28H27F3N6O3S/c1-17-5-6-18(11-23(17)37-16-22(34-35-37)25-14-32-26(41-25)33-27(39)40-2)12-24(38)20-9-19(15-36-7-3-4-8-36)10-21(13-20)28(29,30)31/h5-6,9-11,13-14,16H,3-4,7-8,12,15H2,1-2H3,(H,32,33,39). The summed E-state index contributed by atoms with van der Waals surface area (Å²) >= 11 is 1.20. The van der Waals surface area contributed by atoms with E-state index in [4.69, 9.17) is 0 Å². The molecule has 0 spiro atoms. The molecule has 3 heterocycles. The van der Waals surface area contributed by atoms with Crippen molar-refractivity contribution in [3.63, 3.8) is 0 Å². The van der Waals surface area contributed by atoms with Gasteiger partial charge in [0.15, 0.2) is 10.9 Å². The van der Waals surface area contributed by atoms with Crippen LogP contribution in [0.4, 0.5) is 23.1 Å². The predicted octanol–water partition coefficient (Wildman–Crippen LogP) is 5.92. The number of halogens is 3. The number of ketones is 1. The zero-order chi connectivity index (χ0) is 29.1. The highest BCUT2D eigenvalue weighted by atomic mass is 32.1. The molecule has 0 unspecified atom stereocenters. The van der Waals surface area contributed by atoms with Crippen molar-refractivity contribution in [2.24, 2.45) is 0 Å². The third kappa shape index (κ3) is 6.80. The van der Waals surface area contributed by atoms with Crippen LogP contribution < -0.4 is 5.32 Å². The van der Waals surface area contributed by atoms with E-state index < -0.39 is 23.6 Å². The van der Waals surface area contributed by atoms with Gasteiger partial charge in [-0.15, -0.1) is 5.10 Å². The van der Waals surface area contributed by atoms with E-state index in [0.29, 0.717) is 39.1 Å². The van der Waals surface area contributed by atoms with E-state index in [1.165, 1.54) is 18.4 Å². The molecule has 13 heteroatoms. The van der Waals surface area contributed by atoms with Crippen LogP contribution >= 0.6 is 11.3 Å². The molecule has 5 rings (SSSR count). The highest BCUT2D eigenvalue weighted by molar-refractivity contribution is 7.19. The largest absolute Gasteiger partial charge is 0.453 e. The first-order valence-corrected chi connectivity index (χ1v) is 13.7. The Morgan fingerprint density at radius 3 is 2.61 bits per heavy atom. The molecule has 2 aromatic carbocycles. The average Bonchev–Trinajstić information content (AvgIpc) is 3.71. The lowest BCUT2D eigenvalue weighted by Gasteiger charge is -2.17. The molecule has 0 aliphatic carbocycles. The molecule has 0 saturated carbocycles. The number of aromatic nitrogens is 4. The van der Waals surface area contributed by atoms with Crippen LogP contribution in [0, 0.1) is 6.92 Å². The smallest absolute Gasteiger partial charge is 0.416 e. The summed E-state index contributed by atoms with van der Waals surface area (Å²) in [5, 5.41) is 11.2. The van der Waals surface area contributed by atoms with Gasteiger partial charge in [-0.1, -0.05) is 28.7 Å². The molecule has 1 N–H and O–H groups in total. The zero-order valence-electron chi connectivity index (χ0n) is 22.4. The van der Waals surface area contributed by atoms with E-state index >= 15 is 0 Å². The fourth-order valence-electron chi connectivity index (χ4n) is 4.69. The molecule has 1 aliphatic rings. The minimum atomic E-state index is -4.55. The number of rotatable bonds is 8. The van der Waals surface area contributed by atoms with Gasteiger partial charge in [0, 0.05) is 24.7 Å². The number of thiazole rings is 1. The quantitative estimate of drug-likeness (QED) is 0.257. The Labute approximate surface area is 238 Å². The van der Waals surface area contributed by atoms with Gasteiger partial charge in [0.1, 0.15) is 5.69 Å². The molecule has 214 valence electrons. The van der Waals surface area contributed by atoms with Crippen LogP contribution in [-0.4, -0.2) is 57.0 Å². The number of carbonyl (C=O) groups is 2. The Balaban J connectivity index is 1.36. The second kappa shape index (κ2) is 11.8. The minimum Gasteiger partial charge on any atom is -0.453 e. The second-order valence-corrected chi connectivity index (χ2v) is 10.8. The lowest BCUT2D eigenvalue weighted by molar-refractivity contribution is -0.137. The number of nitrogens with zero attached hydrogens (tertiary/aromatic N) is 5. The highest BCUT2D eigenvalue weighted by Gasteiger charge is 2.32. The predicted molar refractivity (Wildman–Crippen MR) is 147 cm³/mol. The maximum absolute atomic E-state index is 13.7. The number of likely N-dealkylation sites (tertiary alicyclic amines) is 1. The lowest BCUT2D eigenvalue weighted by Crippen LogP contribution is -2.19. The second-order valence-electron chi connectivity index (χ2n) is 9.82. The van der Waals surface area contributed by atoms with E-state index in [1.54, 1.807) is 35.3 Å². The van der Waals surface area contributed by atoms with Crippen molar-refractivity contribution in [2.75, 3.05) is 25.5 Å². The normalized spacial score (nSPS) is 13.9. The molecule has 41 heavy (non-hydrogen) atoms. The molecule has 4 aromatic rings. The summed E-state index contributed by atoms with van der Waals surface area (Å²) in [4.78, 5) is 31.6. The highest BCUT2D eigenvalue weighted by Crippen LogP contribution is 2.32. The third-order valence-corrected chi connectivity index (χ3v) is 7.71. The van der Waals surface area contributed by atoms with Crippen LogP contribution in [0.1, 0.15) is 45.5 Å². The molecule has 1 aliphatic heterocycles. The summed E-state index contributed by atoms with van der Waals surface area (Å²) in [6, 6.07) is 9.04. The Bertz CT molecular complexity index is 1580. The first-order valence-electron chi connectivity index (χ1n) is 12.9. The van der Waals surface area contributed by atoms with Gasteiger partial charge in [-0.2, -0.15) is 13.2 Å². The van der Waals surface area contributed by atoms with Crippen molar-refractivity contribution in [3.8, 4) is 16.3 Å². The van der Waals surface area contributed by atoms with Crippen molar-refractivity contribution in [3.05, 3.63) is 76.6 Å². The first kappa shape index (κ1) is 28.4. The van der Waals surface area contributed by atoms with Gasteiger partial charge in [-0.25, -0.2) is 14.5 Å². The molecular weight excluding hydrogens is 557 g/mol. The average molecular weight is 585 g/mol. The number of benzene rings is 2. The molecule has 0 radical (unpaired) electrons. The van der Waals surface area contributed by atoms with Crippen LogP contribution in [0.2, 0.25) is 0 Å². The summed E-state index contributed by atoms with van der Waals surface area (Å²) < 4.78 is 47.1. The topological polar surface area (TPSA) is 102 Å². The van der Waals surface area contributed by atoms with Gasteiger partial charge in [0.2, 0.25) is 0 Å². The summed E-state index contributed by atoms with van der Waals surface area (Å²) in [7, 11) is 1.26. The van der Waals surface area contributed by atoms with Crippen molar-refractivity contribution in [1.82, 2.24) is 24.9 Å². The van der Waals surface area contributed by atoms with E-state index in [9.17, 15) is 22.8 Å². The number of Topliss-reactive ketones (excluding diaryl/α,β-unsaturated/α-hetero) is 1. The Kier molecular flexibility index (Phi) is 8.18. The van der Waals surface area contributed by atoms with Gasteiger partial charge < -0.3 is 4.74 Å².